The molecule has 2 N–H and O–H groups in total. The van der Waals surface area contributed by atoms with Crippen molar-refractivity contribution in [3.63, 3.8) is 0 Å². The van der Waals surface area contributed by atoms with E-state index >= 15 is 0 Å². The number of para-hydroxylation sites is 1. The fourth-order valence-electron chi connectivity index (χ4n) is 3.30. The van der Waals surface area contributed by atoms with Crippen LogP contribution in [0.25, 0.3) is 10.9 Å². The van der Waals surface area contributed by atoms with Crippen LogP contribution < -0.4 is 5.32 Å². The summed E-state index contributed by atoms with van der Waals surface area (Å²) in [6.45, 7) is 4.88. The summed E-state index contributed by atoms with van der Waals surface area (Å²) in [6, 6.07) is 5.51. The van der Waals surface area contributed by atoms with Crippen LogP contribution in [0.3, 0.4) is 0 Å². The molecule has 0 radical (unpaired) electrons. The Morgan fingerprint density at radius 1 is 1.33 bits per heavy atom. The second-order valence-corrected chi connectivity index (χ2v) is 8.52. The summed E-state index contributed by atoms with van der Waals surface area (Å²) < 4.78 is 24.9. The minimum Gasteiger partial charge on any atom is -0.358 e. The number of carbonyl (C=O) groups is 1. The molecule has 1 aliphatic heterocycles. The van der Waals surface area contributed by atoms with Gasteiger partial charge < -0.3 is 10.3 Å². The number of aromatic nitrogens is 1. The number of rotatable bonds is 3. The molecule has 1 amide bonds. The minimum absolute atomic E-state index is 0.159. The highest BCUT2D eigenvalue weighted by Gasteiger charge is 2.27. The van der Waals surface area contributed by atoms with Gasteiger partial charge in [-0.15, -0.1) is 0 Å². The molecule has 0 spiro atoms. The Labute approximate surface area is 142 Å². The molecular weight excluding hydrogens is 326 g/mol. The predicted molar refractivity (Wildman–Crippen MR) is 94.7 cm³/mol. The maximum Gasteiger partial charge on any atom is 0.253 e. The molecule has 24 heavy (non-hydrogen) atoms. The maximum atomic E-state index is 12.7. The van der Waals surface area contributed by atoms with Gasteiger partial charge in [-0.25, -0.2) is 12.7 Å². The average Bonchev–Trinajstić information content (AvgIpc) is 2.82. The quantitative estimate of drug-likeness (QED) is 0.888. The molecule has 1 aromatic carbocycles. The average molecular weight is 349 g/mol. The van der Waals surface area contributed by atoms with Crippen LogP contribution in [0.15, 0.2) is 18.2 Å². The molecule has 1 aromatic heterocycles. The van der Waals surface area contributed by atoms with Crippen LogP contribution in [0.4, 0.5) is 0 Å². The molecular formula is C17H23N3O3S. The standard InChI is InChI=1S/C17H23N3O3S/c1-11-12(2)18-16-14(11)7-4-8-15(16)17(21)19-13-6-5-9-20(10-13)24(3,22)23/h4,7-8,13,18H,5-6,9-10H2,1-3H3,(H,19,21). The molecule has 6 nitrogen and oxygen atoms in total. The van der Waals surface area contributed by atoms with Gasteiger partial charge in [-0.05, 0) is 38.3 Å². The number of H-pyrrole nitrogens is 1. The number of sulfonamides is 1. The number of nitrogens with one attached hydrogen (secondary N) is 2. The second-order valence-electron chi connectivity index (χ2n) is 6.54. The lowest BCUT2D eigenvalue weighted by Crippen LogP contribution is -2.49. The van der Waals surface area contributed by atoms with Crippen molar-refractivity contribution in [3.05, 3.63) is 35.0 Å². The van der Waals surface area contributed by atoms with Crippen LogP contribution in [-0.4, -0.2) is 49.0 Å². The molecule has 130 valence electrons. The number of aromatic amines is 1. The van der Waals surface area contributed by atoms with Crippen molar-refractivity contribution in [3.8, 4) is 0 Å². The number of carbonyl (C=O) groups excluding carboxylic acids is 1. The summed E-state index contributed by atoms with van der Waals surface area (Å²) in [4.78, 5) is 16.0. The Balaban J connectivity index is 1.82. The summed E-state index contributed by atoms with van der Waals surface area (Å²) in [6.07, 6.45) is 2.75. The number of hydrogen-bond donors (Lipinski definition) is 2. The van der Waals surface area contributed by atoms with Gasteiger partial charge in [-0.3, -0.25) is 4.79 Å². The molecule has 0 saturated carbocycles. The van der Waals surface area contributed by atoms with Crippen molar-refractivity contribution >= 4 is 26.8 Å². The highest BCUT2D eigenvalue weighted by molar-refractivity contribution is 7.88. The molecule has 3 rings (SSSR count). The predicted octanol–water partition coefficient (Wildman–Crippen LogP) is 1.94. The van der Waals surface area contributed by atoms with Crippen molar-refractivity contribution in [1.82, 2.24) is 14.6 Å². The summed E-state index contributed by atoms with van der Waals surface area (Å²) in [7, 11) is -3.22. The van der Waals surface area contributed by atoms with Crippen molar-refractivity contribution in [1.29, 1.82) is 0 Å². The number of aryl methyl sites for hydroxylation is 2. The normalized spacial score (nSPS) is 19.5. The van der Waals surface area contributed by atoms with Gasteiger partial charge in [0.15, 0.2) is 0 Å². The van der Waals surface area contributed by atoms with Crippen LogP contribution >= 0.6 is 0 Å². The summed E-state index contributed by atoms with van der Waals surface area (Å²) >= 11 is 0. The lowest BCUT2D eigenvalue weighted by Gasteiger charge is -2.31. The van der Waals surface area contributed by atoms with E-state index in [-0.39, 0.29) is 11.9 Å². The Morgan fingerprint density at radius 3 is 2.79 bits per heavy atom. The van der Waals surface area contributed by atoms with E-state index in [4.69, 9.17) is 0 Å². The number of amides is 1. The number of nitrogens with zero attached hydrogens (tertiary/aromatic N) is 1. The Morgan fingerprint density at radius 2 is 2.08 bits per heavy atom. The number of hydrogen-bond acceptors (Lipinski definition) is 3. The Bertz CT molecular complexity index is 886. The van der Waals surface area contributed by atoms with Gasteiger partial charge in [0.25, 0.3) is 5.91 Å². The van der Waals surface area contributed by atoms with Crippen LogP contribution in [0.1, 0.15) is 34.5 Å². The van der Waals surface area contributed by atoms with Gasteiger partial charge >= 0.3 is 0 Å². The van der Waals surface area contributed by atoms with Gasteiger partial charge in [0.2, 0.25) is 10.0 Å². The van der Waals surface area contributed by atoms with E-state index in [2.05, 4.69) is 10.3 Å². The molecule has 2 heterocycles. The lowest BCUT2D eigenvalue weighted by atomic mass is 10.1. The number of piperidine rings is 1. The third-order valence-electron chi connectivity index (χ3n) is 4.78. The molecule has 2 aromatic rings. The molecule has 0 bridgehead atoms. The maximum absolute atomic E-state index is 12.7. The smallest absolute Gasteiger partial charge is 0.253 e. The molecule has 1 aliphatic rings. The largest absolute Gasteiger partial charge is 0.358 e. The van der Waals surface area contributed by atoms with E-state index < -0.39 is 10.0 Å². The molecule has 1 atom stereocenters. The zero-order valence-electron chi connectivity index (χ0n) is 14.2. The molecule has 1 unspecified atom stereocenters. The topological polar surface area (TPSA) is 82.3 Å². The first-order valence-corrected chi connectivity index (χ1v) is 9.96. The fourth-order valence-corrected chi connectivity index (χ4v) is 4.21. The first-order valence-electron chi connectivity index (χ1n) is 8.11. The summed E-state index contributed by atoms with van der Waals surface area (Å²) in [5.74, 6) is -0.165. The SMILES string of the molecule is Cc1[nH]c2c(C(=O)NC3CCCN(S(C)(=O)=O)C3)cccc2c1C. The van der Waals surface area contributed by atoms with E-state index in [1.54, 1.807) is 6.07 Å². The van der Waals surface area contributed by atoms with Crippen LogP contribution in [0.5, 0.6) is 0 Å². The monoisotopic (exact) mass is 349 g/mol. The van der Waals surface area contributed by atoms with Gasteiger partial charge in [0.05, 0.1) is 17.3 Å². The van der Waals surface area contributed by atoms with E-state index in [0.29, 0.717) is 18.7 Å². The highest BCUT2D eigenvalue weighted by Crippen LogP contribution is 2.24. The van der Waals surface area contributed by atoms with Gasteiger partial charge in [0.1, 0.15) is 0 Å². The van der Waals surface area contributed by atoms with Crippen molar-refractivity contribution in [2.24, 2.45) is 0 Å². The van der Waals surface area contributed by atoms with Crippen molar-refractivity contribution in [2.75, 3.05) is 19.3 Å². The van der Waals surface area contributed by atoms with Crippen molar-refractivity contribution in [2.45, 2.75) is 32.7 Å². The number of fused-ring (bicyclic) bond motifs is 1. The van der Waals surface area contributed by atoms with Gasteiger partial charge in [0, 0.05) is 30.2 Å². The third kappa shape index (κ3) is 3.18. The second kappa shape index (κ2) is 6.22. The van der Waals surface area contributed by atoms with E-state index in [1.807, 2.05) is 26.0 Å². The van der Waals surface area contributed by atoms with Crippen LogP contribution in [-0.2, 0) is 10.0 Å². The Kier molecular flexibility index (Phi) is 4.40. The molecule has 1 fully saturated rings. The highest BCUT2D eigenvalue weighted by atomic mass is 32.2. The zero-order valence-corrected chi connectivity index (χ0v) is 15.0. The van der Waals surface area contributed by atoms with Gasteiger partial charge in [-0.1, -0.05) is 12.1 Å². The van der Waals surface area contributed by atoms with E-state index in [0.717, 1.165) is 35.0 Å². The van der Waals surface area contributed by atoms with E-state index in [9.17, 15) is 13.2 Å². The van der Waals surface area contributed by atoms with Crippen LogP contribution in [0.2, 0.25) is 0 Å². The van der Waals surface area contributed by atoms with Gasteiger partial charge in [-0.2, -0.15) is 0 Å². The summed E-state index contributed by atoms with van der Waals surface area (Å²) in [5, 5.41) is 4.04. The first-order chi connectivity index (χ1) is 11.3. The number of benzene rings is 1. The van der Waals surface area contributed by atoms with E-state index in [1.165, 1.54) is 10.6 Å². The minimum atomic E-state index is -3.22. The fraction of sp³-hybridized carbons (Fsp3) is 0.471. The van der Waals surface area contributed by atoms with Crippen molar-refractivity contribution < 1.29 is 13.2 Å². The van der Waals surface area contributed by atoms with Crippen LogP contribution in [0, 0.1) is 13.8 Å². The Hall–Kier alpha value is -1.86. The third-order valence-corrected chi connectivity index (χ3v) is 6.05. The zero-order chi connectivity index (χ0) is 17.5. The molecule has 1 saturated heterocycles. The first kappa shape index (κ1) is 17.0. The lowest BCUT2D eigenvalue weighted by molar-refractivity contribution is 0.0923. The molecule has 0 aliphatic carbocycles. The summed E-state index contributed by atoms with van der Waals surface area (Å²) in [5.41, 5.74) is 3.62. The molecule has 7 heteroatoms.